The van der Waals surface area contributed by atoms with Crippen LogP contribution in [0.15, 0.2) is 22.7 Å². The molecule has 5 heteroatoms. The highest BCUT2D eigenvalue weighted by Crippen LogP contribution is 2.32. The molecule has 1 nitrogen and oxygen atoms in total. The Hall–Kier alpha value is -0.550. The minimum Gasteiger partial charge on any atom is -0.317 e. The number of nitrogens with one attached hydrogen (secondary N) is 1. The topological polar surface area (TPSA) is 12.0 Å². The van der Waals surface area contributed by atoms with Crippen molar-refractivity contribution < 1.29 is 13.2 Å². The summed E-state index contributed by atoms with van der Waals surface area (Å²) in [6, 6.07) is 4.13. The van der Waals surface area contributed by atoms with Gasteiger partial charge in [0.15, 0.2) is 0 Å². The van der Waals surface area contributed by atoms with Crippen LogP contribution in [0.1, 0.15) is 30.9 Å². The van der Waals surface area contributed by atoms with Crippen molar-refractivity contribution in [2.45, 2.75) is 38.4 Å². The van der Waals surface area contributed by atoms with E-state index in [1.165, 1.54) is 0 Å². The molecule has 102 valence electrons. The molecule has 0 aliphatic rings. The molecule has 1 aromatic carbocycles. The molecule has 1 N–H and O–H groups in total. The highest BCUT2D eigenvalue weighted by molar-refractivity contribution is 9.10. The molecular weight excluding hydrogens is 307 g/mol. The van der Waals surface area contributed by atoms with Gasteiger partial charge in [-0.25, -0.2) is 0 Å². The fourth-order valence-electron chi connectivity index (χ4n) is 1.85. The fraction of sp³-hybridized carbons (Fsp3) is 0.538. The van der Waals surface area contributed by atoms with Crippen molar-refractivity contribution in [3.63, 3.8) is 0 Å². The van der Waals surface area contributed by atoms with Crippen LogP contribution in [-0.4, -0.2) is 13.1 Å². The van der Waals surface area contributed by atoms with Crippen LogP contribution in [0.4, 0.5) is 13.2 Å². The molecule has 0 aliphatic carbocycles. The van der Waals surface area contributed by atoms with E-state index in [0.29, 0.717) is 10.5 Å². The third kappa shape index (κ3) is 4.28. The van der Waals surface area contributed by atoms with Gasteiger partial charge in [-0.1, -0.05) is 35.3 Å². The van der Waals surface area contributed by atoms with Crippen molar-refractivity contribution in [3.8, 4) is 0 Å². The van der Waals surface area contributed by atoms with Crippen LogP contribution < -0.4 is 5.32 Å². The summed E-state index contributed by atoms with van der Waals surface area (Å²) < 4.78 is 38.1. The molecule has 1 atom stereocenters. The maximum atomic E-state index is 12.5. The smallest absolute Gasteiger partial charge is 0.317 e. The van der Waals surface area contributed by atoms with Gasteiger partial charge in [-0.2, -0.15) is 13.2 Å². The molecular formula is C13H17BrF3N. The first-order chi connectivity index (χ1) is 8.38. The Bertz CT molecular complexity index is 390. The normalized spacial score (nSPS) is 13.7. The van der Waals surface area contributed by atoms with Crippen molar-refractivity contribution in [3.05, 3.63) is 33.8 Å². The molecule has 0 aromatic heterocycles. The molecule has 1 unspecified atom stereocenters. The van der Waals surface area contributed by atoms with Gasteiger partial charge in [-0.3, -0.25) is 0 Å². The van der Waals surface area contributed by atoms with Gasteiger partial charge in [0.1, 0.15) is 0 Å². The number of alkyl halides is 3. The van der Waals surface area contributed by atoms with Crippen LogP contribution in [-0.2, 0) is 12.6 Å². The van der Waals surface area contributed by atoms with Gasteiger partial charge in [0.05, 0.1) is 5.56 Å². The molecule has 0 heterocycles. The molecule has 0 radical (unpaired) electrons. The first kappa shape index (κ1) is 15.5. The molecule has 0 amide bonds. The molecule has 0 fully saturated rings. The molecule has 0 aliphatic heterocycles. The highest BCUT2D eigenvalue weighted by atomic mass is 79.9. The lowest BCUT2D eigenvalue weighted by molar-refractivity contribution is -0.137. The molecule has 0 saturated carbocycles. The van der Waals surface area contributed by atoms with E-state index in [9.17, 15) is 13.2 Å². The van der Waals surface area contributed by atoms with E-state index in [1.807, 2.05) is 7.05 Å². The predicted molar refractivity (Wildman–Crippen MR) is 70.6 cm³/mol. The Kier molecular flexibility index (Phi) is 5.66. The number of hydrogen-bond acceptors (Lipinski definition) is 1. The van der Waals surface area contributed by atoms with Crippen molar-refractivity contribution in [1.82, 2.24) is 5.32 Å². The standard InChI is InChI=1S/C13H17BrF3N/c1-3-4-11(18-2)7-9-5-6-10(8-12(9)14)13(15,16)17/h5-6,8,11,18H,3-4,7H2,1-2H3. The van der Waals surface area contributed by atoms with E-state index in [0.717, 1.165) is 37.0 Å². The molecule has 18 heavy (non-hydrogen) atoms. The van der Waals surface area contributed by atoms with Gasteiger partial charge < -0.3 is 5.32 Å². The lowest BCUT2D eigenvalue weighted by atomic mass is 10.0. The molecule has 0 saturated heterocycles. The number of halogens is 4. The van der Waals surface area contributed by atoms with E-state index in [2.05, 4.69) is 28.2 Å². The van der Waals surface area contributed by atoms with Gasteiger partial charge in [-0.15, -0.1) is 0 Å². The van der Waals surface area contributed by atoms with Crippen LogP contribution >= 0.6 is 15.9 Å². The fourth-order valence-corrected chi connectivity index (χ4v) is 2.39. The van der Waals surface area contributed by atoms with Crippen LogP contribution in [0.25, 0.3) is 0 Å². The van der Waals surface area contributed by atoms with Crippen molar-refractivity contribution in [2.24, 2.45) is 0 Å². The van der Waals surface area contributed by atoms with Crippen LogP contribution in [0.2, 0.25) is 0 Å². The van der Waals surface area contributed by atoms with Crippen molar-refractivity contribution >= 4 is 15.9 Å². The van der Waals surface area contributed by atoms with Crippen LogP contribution in [0.3, 0.4) is 0 Å². The van der Waals surface area contributed by atoms with E-state index >= 15 is 0 Å². The maximum absolute atomic E-state index is 12.5. The summed E-state index contributed by atoms with van der Waals surface area (Å²) in [6.07, 6.45) is -1.51. The Labute approximate surface area is 114 Å². The summed E-state index contributed by atoms with van der Waals surface area (Å²) in [5.41, 5.74) is 0.283. The zero-order valence-corrected chi connectivity index (χ0v) is 12.0. The largest absolute Gasteiger partial charge is 0.416 e. The average molecular weight is 324 g/mol. The van der Waals surface area contributed by atoms with E-state index in [1.54, 1.807) is 6.07 Å². The summed E-state index contributed by atoms with van der Waals surface area (Å²) in [6.45, 7) is 2.09. The summed E-state index contributed by atoms with van der Waals surface area (Å²) in [4.78, 5) is 0. The Morgan fingerprint density at radius 3 is 2.44 bits per heavy atom. The van der Waals surface area contributed by atoms with Gasteiger partial charge in [-0.05, 0) is 37.6 Å². The van der Waals surface area contributed by atoms with Crippen LogP contribution in [0.5, 0.6) is 0 Å². The molecule has 1 rings (SSSR count). The second kappa shape index (κ2) is 6.57. The third-order valence-corrected chi connectivity index (χ3v) is 3.63. The van der Waals surface area contributed by atoms with Crippen LogP contribution in [0, 0.1) is 0 Å². The van der Waals surface area contributed by atoms with Gasteiger partial charge in [0, 0.05) is 10.5 Å². The van der Waals surface area contributed by atoms with E-state index in [-0.39, 0.29) is 0 Å². The van der Waals surface area contributed by atoms with Gasteiger partial charge >= 0.3 is 6.18 Å². The van der Waals surface area contributed by atoms with Gasteiger partial charge in [0.25, 0.3) is 0 Å². The summed E-state index contributed by atoms with van der Waals surface area (Å²) in [7, 11) is 1.87. The lowest BCUT2D eigenvalue weighted by Gasteiger charge is -2.17. The predicted octanol–water partition coefficient (Wildman–Crippen LogP) is 4.40. The lowest BCUT2D eigenvalue weighted by Crippen LogP contribution is -2.27. The molecule has 0 spiro atoms. The molecule has 0 bridgehead atoms. The second-order valence-corrected chi connectivity index (χ2v) is 5.14. The minimum atomic E-state index is -4.28. The zero-order chi connectivity index (χ0) is 13.8. The SMILES string of the molecule is CCCC(Cc1ccc(C(F)(F)F)cc1Br)NC. The Morgan fingerprint density at radius 2 is 2.00 bits per heavy atom. The van der Waals surface area contributed by atoms with E-state index < -0.39 is 11.7 Å². The highest BCUT2D eigenvalue weighted by Gasteiger charge is 2.30. The third-order valence-electron chi connectivity index (χ3n) is 2.89. The van der Waals surface area contributed by atoms with Crippen molar-refractivity contribution in [1.29, 1.82) is 0 Å². The van der Waals surface area contributed by atoms with Crippen molar-refractivity contribution in [2.75, 3.05) is 7.05 Å². The first-order valence-electron chi connectivity index (χ1n) is 5.91. The monoisotopic (exact) mass is 323 g/mol. The Balaban J connectivity index is 2.85. The quantitative estimate of drug-likeness (QED) is 0.846. The maximum Gasteiger partial charge on any atom is 0.416 e. The summed E-state index contributed by atoms with van der Waals surface area (Å²) in [5.74, 6) is 0. The number of hydrogen-bond donors (Lipinski definition) is 1. The minimum absolute atomic E-state index is 0.294. The average Bonchev–Trinajstić information content (AvgIpc) is 2.29. The van der Waals surface area contributed by atoms with E-state index in [4.69, 9.17) is 0 Å². The van der Waals surface area contributed by atoms with Gasteiger partial charge in [0.2, 0.25) is 0 Å². The summed E-state index contributed by atoms with van der Waals surface area (Å²) in [5, 5.41) is 3.18. The summed E-state index contributed by atoms with van der Waals surface area (Å²) >= 11 is 3.22. The second-order valence-electron chi connectivity index (χ2n) is 4.28. The first-order valence-corrected chi connectivity index (χ1v) is 6.70. The number of likely N-dealkylation sites (N-methyl/N-ethyl adjacent to an activating group) is 1. The number of rotatable bonds is 5. The zero-order valence-electron chi connectivity index (χ0n) is 10.4. The Morgan fingerprint density at radius 1 is 1.33 bits per heavy atom. The number of benzene rings is 1. The molecule has 1 aromatic rings.